The number of carbonyl (C=O) groups excluding carboxylic acids is 1. The van der Waals surface area contributed by atoms with Gasteiger partial charge in [-0.1, -0.05) is 26.8 Å². The van der Waals surface area contributed by atoms with E-state index in [4.69, 9.17) is 4.74 Å². The van der Waals surface area contributed by atoms with Gasteiger partial charge in [-0.3, -0.25) is 14.7 Å². The highest BCUT2D eigenvalue weighted by Gasteiger charge is 2.23. The van der Waals surface area contributed by atoms with Crippen LogP contribution in [0.4, 0.5) is 0 Å². The van der Waals surface area contributed by atoms with Crippen LogP contribution >= 0.6 is 0 Å². The summed E-state index contributed by atoms with van der Waals surface area (Å²) in [6.07, 6.45) is 4.48. The largest absolute Gasteiger partial charge is 0.379 e. The predicted molar refractivity (Wildman–Crippen MR) is 86.5 cm³/mol. The number of carbonyl (C=O) groups is 1. The highest BCUT2D eigenvalue weighted by atomic mass is 16.5. The molecule has 1 aromatic heterocycles. The number of aromatic nitrogens is 1. The Labute approximate surface area is 133 Å². The number of nitrogens with one attached hydrogen (secondary N) is 1. The van der Waals surface area contributed by atoms with Gasteiger partial charge in [-0.25, -0.2) is 0 Å². The second-order valence-corrected chi connectivity index (χ2v) is 7.06. The van der Waals surface area contributed by atoms with Gasteiger partial charge in [0, 0.05) is 25.5 Å². The molecule has 1 aliphatic heterocycles. The van der Waals surface area contributed by atoms with E-state index in [9.17, 15) is 4.79 Å². The molecule has 0 aliphatic carbocycles. The summed E-state index contributed by atoms with van der Waals surface area (Å²) >= 11 is 0. The Kier molecular flexibility index (Phi) is 5.91. The van der Waals surface area contributed by atoms with Gasteiger partial charge in [0.1, 0.15) is 0 Å². The van der Waals surface area contributed by atoms with Gasteiger partial charge in [0.05, 0.1) is 25.8 Å². The monoisotopic (exact) mass is 305 g/mol. The minimum atomic E-state index is 0.00207. The summed E-state index contributed by atoms with van der Waals surface area (Å²) in [7, 11) is 0. The SMILES string of the molecule is CC(C)(C)C[C@H](NC(=O)CN1CCOCC1)c1cccnc1. The summed E-state index contributed by atoms with van der Waals surface area (Å²) in [5.74, 6) is 0.0694. The van der Waals surface area contributed by atoms with Crippen LogP contribution in [0.15, 0.2) is 24.5 Å². The van der Waals surface area contributed by atoms with Gasteiger partial charge in [-0.15, -0.1) is 0 Å². The highest BCUT2D eigenvalue weighted by Crippen LogP contribution is 2.29. The molecule has 1 saturated heterocycles. The Morgan fingerprint density at radius 3 is 2.73 bits per heavy atom. The van der Waals surface area contributed by atoms with Gasteiger partial charge in [0.15, 0.2) is 0 Å². The first-order valence-electron chi connectivity index (χ1n) is 7.93. The van der Waals surface area contributed by atoms with Crippen LogP contribution in [-0.4, -0.2) is 48.6 Å². The number of hydrogen-bond donors (Lipinski definition) is 1. The van der Waals surface area contributed by atoms with E-state index < -0.39 is 0 Å². The summed E-state index contributed by atoms with van der Waals surface area (Å²) in [5.41, 5.74) is 1.19. The van der Waals surface area contributed by atoms with Crippen molar-refractivity contribution in [2.45, 2.75) is 33.2 Å². The molecule has 0 saturated carbocycles. The number of rotatable bonds is 5. The molecule has 1 aliphatic rings. The van der Waals surface area contributed by atoms with Crippen molar-refractivity contribution in [3.8, 4) is 0 Å². The quantitative estimate of drug-likeness (QED) is 0.904. The lowest BCUT2D eigenvalue weighted by Crippen LogP contribution is -2.44. The third-order valence-corrected chi connectivity index (χ3v) is 3.71. The van der Waals surface area contributed by atoms with Crippen molar-refractivity contribution < 1.29 is 9.53 Å². The molecule has 0 bridgehead atoms. The third-order valence-electron chi connectivity index (χ3n) is 3.71. The Morgan fingerprint density at radius 2 is 2.14 bits per heavy atom. The van der Waals surface area contributed by atoms with Crippen molar-refractivity contribution in [2.75, 3.05) is 32.8 Å². The van der Waals surface area contributed by atoms with Crippen molar-refractivity contribution in [3.05, 3.63) is 30.1 Å². The zero-order chi connectivity index (χ0) is 16.0. The first-order valence-corrected chi connectivity index (χ1v) is 7.93. The smallest absolute Gasteiger partial charge is 0.234 e. The average Bonchev–Trinajstić information content (AvgIpc) is 2.47. The first-order chi connectivity index (χ1) is 10.4. The molecule has 0 radical (unpaired) electrons. The van der Waals surface area contributed by atoms with E-state index in [1.54, 1.807) is 6.20 Å². The maximum atomic E-state index is 12.4. The molecule has 0 spiro atoms. The average molecular weight is 305 g/mol. The van der Waals surface area contributed by atoms with E-state index in [1.165, 1.54) is 0 Å². The first kappa shape index (κ1) is 16.9. The van der Waals surface area contributed by atoms with E-state index >= 15 is 0 Å². The predicted octanol–water partition coefficient (Wildman–Crippen LogP) is 2.01. The molecule has 1 aromatic rings. The fourth-order valence-corrected chi connectivity index (χ4v) is 2.65. The third kappa shape index (κ3) is 5.73. The van der Waals surface area contributed by atoms with Gasteiger partial charge in [0.2, 0.25) is 5.91 Å². The molecule has 22 heavy (non-hydrogen) atoms. The number of hydrogen-bond acceptors (Lipinski definition) is 4. The van der Waals surface area contributed by atoms with Gasteiger partial charge in [-0.05, 0) is 23.5 Å². The van der Waals surface area contributed by atoms with Crippen LogP contribution in [0.5, 0.6) is 0 Å². The van der Waals surface area contributed by atoms with Crippen molar-refractivity contribution >= 4 is 5.91 Å². The maximum absolute atomic E-state index is 12.4. The normalized spacial score (nSPS) is 18.0. The number of morpholine rings is 1. The Morgan fingerprint density at radius 1 is 1.41 bits per heavy atom. The molecule has 1 amide bonds. The van der Waals surface area contributed by atoms with Crippen LogP contribution in [-0.2, 0) is 9.53 Å². The lowest BCUT2D eigenvalue weighted by Gasteiger charge is -2.29. The fourth-order valence-electron chi connectivity index (χ4n) is 2.65. The van der Waals surface area contributed by atoms with Gasteiger partial charge in [0.25, 0.3) is 0 Å². The van der Waals surface area contributed by atoms with E-state index in [0.717, 1.165) is 25.1 Å². The van der Waals surface area contributed by atoms with Crippen molar-refractivity contribution in [2.24, 2.45) is 5.41 Å². The lowest BCUT2D eigenvalue weighted by atomic mass is 9.86. The van der Waals surface area contributed by atoms with Crippen LogP contribution in [0.3, 0.4) is 0 Å². The van der Waals surface area contributed by atoms with E-state index in [1.807, 2.05) is 18.3 Å². The van der Waals surface area contributed by atoms with Crippen molar-refractivity contribution in [3.63, 3.8) is 0 Å². The summed E-state index contributed by atoms with van der Waals surface area (Å²) < 4.78 is 5.32. The summed E-state index contributed by atoms with van der Waals surface area (Å²) in [5, 5.41) is 3.18. The minimum Gasteiger partial charge on any atom is -0.379 e. The summed E-state index contributed by atoms with van der Waals surface area (Å²) in [4.78, 5) is 18.7. The number of nitrogens with zero attached hydrogens (tertiary/aromatic N) is 2. The zero-order valence-corrected chi connectivity index (χ0v) is 13.8. The second-order valence-electron chi connectivity index (χ2n) is 7.06. The standard InChI is InChI=1S/C17H27N3O2/c1-17(2,3)11-15(14-5-4-6-18-12-14)19-16(21)13-20-7-9-22-10-8-20/h4-6,12,15H,7-11,13H2,1-3H3,(H,19,21)/t15-/m0/s1. The van der Waals surface area contributed by atoms with Crippen LogP contribution in [0.25, 0.3) is 0 Å². The Hall–Kier alpha value is -1.46. The van der Waals surface area contributed by atoms with Gasteiger partial charge >= 0.3 is 0 Å². The Bertz CT molecular complexity index is 465. The minimum absolute atomic E-state index is 0.00207. The topological polar surface area (TPSA) is 54.5 Å². The number of pyridine rings is 1. The molecule has 5 heteroatoms. The van der Waals surface area contributed by atoms with Gasteiger partial charge in [-0.2, -0.15) is 0 Å². The van der Waals surface area contributed by atoms with Crippen molar-refractivity contribution in [1.29, 1.82) is 0 Å². The van der Waals surface area contributed by atoms with E-state index in [0.29, 0.717) is 19.8 Å². The lowest BCUT2D eigenvalue weighted by molar-refractivity contribution is -0.124. The van der Waals surface area contributed by atoms with Crippen LogP contribution in [0.1, 0.15) is 38.8 Å². The second kappa shape index (κ2) is 7.70. The van der Waals surface area contributed by atoms with E-state index in [2.05, 4.69) is 36.0 Å². The highest BCUT2D eigenvalue weighted by molar-refractivity contribution is 5.78. The van der Waals surface area contributed by atoms with E-state index in [-0.39, 0.29) is 17.4 Å². The van der Waals surface area contributed by atoms with Crippen LogP contribution < -0.4 is 5.32 Å². The molecule has 5 nitrogen and oxygen atoms in total. The van der Waals surface area contributed by atoms with Gasteiger partial charge < -0.3 is 10.1 Å². The number of amides is 1. The van der Waals surface area contributed by atoms with Crippen LogP contribution in [0, 0.1) is 5.41 Å². The molecular weight excluding hydrogens is 278 g/mol. The number of ether oxygens (including phenoxy) is 1. The molecule has 2 heterocycles. The molecule has 1 atom stereocenters. The summed E-state index contributed by atoms with van der Waals surface area (Å²) in [6, 6.07) is 3.94. The summed E-state index contributed by atoms with van der Waals surface area (Å²) in [6.45, 7) is 10.1. The molecule has 0 unspecified atom stereocenters. The fraction of sp³-hybridized carbons (Fsp3) is 0.647. The molecule has 2 rings (SSSR count). The van der Waals surface area contributed by atoms with Crippen LogP contribution in [0.2, 0.25) is 0 Å². The zero-order valence-electron chi connectivity index (χ0n) is 13.8. The molecule has 0 aromatic carbocycles. The molecular formula is C17H27N3O2. The molecule has 1 fully saturated rings. The van der Waals surface area contributed by atoms with Crippen molar-refractivity contribution in [1.82, 2.24) is 15.2 Å². The molecule has 122 valence electrons. The Balaban J connectivity index is 1.97. The molecule has 1 N–H and O–H groups in total. The maximum Gasteiger partial charge on any atom is 0.234 e.